The first-order valence-corrected chi connectivity index (χ1v) is 5.74. The Balaban J connectivity index is 2.04. The van der Waals surface area contributed by atoms with Crippen LogP contribution in [0.15, 0.2) is 29.6 Å². The Labute approximate surface area is 98.1 Å². The lowest BCUT2D eigenvalue weighted by atomic mass is 10.3. The van der Waals surface area contributed by atoms with Crippen molar-refractivity contribution in [2.45, 2.75) is 6.54 Å². The molecule has 0 unspecified atom stereocenters. The van der Waals surface area contributed by atoms with E-state index in [2.05, 4.69) is 10.3 Å². The summed E-state index contributed by atoms with van der Waals surface area (Å²) in [7, 11) is 1.65. The summed E-state index contributed by atoms with van der Waals surface area (Å²) in [5.74, 6) is 0.825. The molecule has 0 aliphatic carbocycles. The van der Waals surface area contributed by atoms with Crippen LogP contribution in [0.3, 0.4) is 0 Å². The van der Waals surface area contributed by atoms with Crippen LogP contribution in [-0.2, 0) is 6.54 Å². The van der Waals surface area contributed by atoms with E-state index in [0.29, 0.717) is 11.7 Å². The third-order valence-corrected chi connectivity index (χ3v) is 2.86. The zero-order valence-electron chi connectivity index (χ0n) is 8.93. The van der Waals surface area contributed by atoms with Crippen molar-refractivity contribution in [2.24, 2.45) is 0 Å². The van der Waals surface area contributed by atoms with Crippen molar-refractivity contribution in [1.29, 1.82) is 0 Å². The molecule has 0 radical (unpaired) electrons. The Morgan fingerprint density at radius 1 is 1.44 bits per heavy atom. The minimum atomic E-state index is 0.594. The smallest absolute Gasteiger partial charge is 0.180 e. The Bertz CT molecular complexity index is 470. The summed E-state index contributed by atoms with van der Waals surface area (Å²) in [6.07, 6.45) is 0. The van der Waals surface area contributed by atoms with E-state index in [1.165, 1.54) is 11.3 Å². The topological polar surface area (TPSA) is 60.2 Å². The summed E-state index contributed by atoms with van der Waals surface area (Å²) in [6.45, 7) is 0.647. The lowest BCUT2D eigenvalue weighted by molar-refractivity contribution is 0.416. The van der Waals surface area contributed by atoms with Gasteiger partial charge in [-0.3, -0.25) is 0 Å². The zero-order chi connectivity index (χ0) is 11.4. The number of aromatic nitrogens is 1. The van der Waals surface area contributed by atoms with Gasteiger partial charge in [0, 0.05) is 5.38 Å². The molecule has 2 rings (SSSR count). The second kappa shape index (κ2) is 4.85. The van der Waals surface area contributed by atoms with Crippen molar-refractivity contribution >= 4 is 22.2 Å². The van der Waals surface area contributed by atoms with Gasteiger partial charge in [-0.05, 0) is 12.1 Å². The highest BCUT2D eigenvalue weighted by molar-refractivity contribution is 7.13. The summed E-state index contributed by atoms with van der Waals surface area (Å²) in [5, 5.41) is 5.79. The fraction of sp³-hybridized carbons (Fsp3) is 0.182. The van der Waals surface area contributed by atoms with E-state index in [1.807, 2.05) is 29.6 Å². The van der Waals surface area contributed by atoms with Gasteiger partial charge in [-0.1, -0.05) is 12.1 Å². The van der Waals surface area contributed by atoms with Gasteiger partial charge < -0.3 is 15.8 Å². The number of nitrogens with two attached hydrogens (primary N) is 1. The highest BCUT2D eigenvalue weighted by Crippen LogP contribution is 2.23. The molecule has 0 spiro atoms. The van der Waals surface area contributed by atoms with Crippen LogP contribution in [0.4, 0.5) is 10.8 Å². The van der Waals surface area contributed by atoms with E-state index in [1.54, 1.807) is 7.11 Å². The van der Waals surface area contributed by atoms with Crippen LogP contribution in [0.5, 0.6) is 5.75 Å². The molecule has 16 heavy (non-hydrogen) atoms. The maximum Gasteiger partial charge on any atom is 0.180 e. The molecule has 0 fully saturated rings. The third kappa shape index (κ3) is 2.43. The predicted octanol–water partition coefficient (Wildman–Crippen LogP) is 2.35. The lowest BCUT2D eigenvalue weighted by Gasteiger charge is -2.09. The Morgan fingerprint density at radius 3 is 2.94 bits per heavy atom. The second-order valence-electron chi connectivity index (χ2n) is 3.23. The number of thiazole rings is 1. The highest BCUT2D eigenvalue weighted by Gasteiger charge is 2.02. The molecule has 0 aliphatic rings. The number of nitrogen functional groups attached to an aromatic ring is 1. The number of para-hydroxylation sites is 2. The summed E-state index contributed by atoms with van der Waals surface area (Å²) < 4.78 is 5.23. The molecule has 1 aromatic heterocycles. The van der Waals surface area contributed by atoms with Gasteiger partial charge in [0.25, 0.3) is 0 Å². The van der Waals surface area contributed by atoms with E-state index >= 15 is 0 Å². The number of nitrogens with one attached hydrogen (secondary N) is 1. The molecule has 0 atom stereocenters. The molecule has 1 aromatic carbocycles. The van der Waals surface area contributed by atoms with E-state index in [9.17, 15) is 0 Å². The monoisotopic (exact) mass is 235 g/mol. The number of hydrogen-bond donors (Lipinski definition) is 2. The van der Waals surface area contributed by atoms with Gasteiger partial charge in [0.2, 0.25) is 0 Å². The van der Waals surface area contributed by atoms with Crippen LogP contribution in [0.25, 0.3) is 0 Å². The van der Waals surface area contributed by atoms with Gasteiger partial charge in [0.15, 0.2) is 5.13 Å². The Kier molecular flexibility index (Phi) is 3.26. The summed E-state index contributed by atoms with van der Waals surface area (Å²) in [6, 6.07) is 7.78. The predicted molar refractivity (Wildman–Crippen MR) is 66.8 cm³/mol. The molecule has 84 valence electrons. The van der Waals surface area contributed by atoms with Crippen LogP contribution in [0, 0.1) is 0 Å². The van der Waals surface area contributed by atoms with Crippen LogP contribution >= 0.6 is 11.3 Å². The number of hydrogen-bond acceptors (Lipinski definition) is 5. The third-order valence-electron chi connectivity index (χ3n) is 2.14. The van der Waals surface area contributed by atoms with Gasteiger partial charge in [-0.25, -0.2) is 4.98 Å². The van der Waals surface area contributed by atoms with Gasteiger partial charge in [-0.2, -0.15) is 0 Å². The average molecular weight is 235 g/mol. The van der Waals surface area contributed by atoms with Crippen molar-refractivity contribution in [3.05, 3.63) is 35.3 Å². The maximum atomic E-state index is 5.56. The van der Waals surface area contributed by atoms with Gasteiger partial charge in [-0.15, -0.1) is 11.3 Å². The van der Waals surface area contributed by atoms with Gasteiger partial charge >= 0.3 is 0 Å². The van der Waals surface area contributed by atoms with E-state index < -0.39 is 0 Å². The summed E-state index contributed by atoms with van der Waals surface area (Å²) in [5.41, 5.74) is 7.45. The summed E-state index contributed by atoms with van der Waals surface area (Å²) in [4.78, 5) is 4.17. The second-order valence-corrected chi connectivity index (χ2v) is 4.12. The molecule has 3 N–H and O–H groups in total. The minimum Gasteiger partial charge on any atom is -0.495 e. The first kappa shape index (κ1) is 10.8. The Morgan fingerprint density at radius 2 is 2.25 bits per heavy atom. The molecule has 2 aromatic rings. The standard InChI is InChI=1S/C11H13N3OS/c1-15-10-5-3-2-4-9(10)13-6-8-7-16-11(12)14-8/h2-5,7,13H,6H2,1H3,(H2,12,14). The molecule has 0 bridgehead atoms. The summed E-state index contributed by atoms with van der Waals surface area (Å²) >= 11 is 1.44. The number of anilines is 2. The van der Waals surface area contributed by atoms with E-state index in [-0.39, 0.29) is 0 Å². The largest absolute Gasteiger partial charge is 0.495 e. The van der Waals surface area contributed by atoms with Crippen molar-refractivity contribution < 1.29 is 4.74 Å². The molecule has 0 amide bonds. The fourth-order valence-electron chi connectivity index (χ4n) is 1.38. The first-order valence-electron chi connectivity index (χ1n) is 4.86. The zero-order valence-corrected chi connectivity index (χ0v) is 9.75. The molecule has 0 saturated carbocycles. The molecule has 4 nitrogen and oxygen atoms in total. The van der Waals surface area contributed by atoms with Crippen LogP contribution in [0.1, 0.15) is 5.69 Å². The number of rotatable bonds is 4. The SMILES string of the molecule is COc1ccccc1NCc1csc(N)n1. The number of benzene rings is 1. The molecular weight excluding hydrogens is 222 g/mol. The average Bonchev–Trinajstić information content (AvgIpc) is 2.73. The molecule has 0 aliphatic heterocycles. The van der Waals surface area contributed by atoms with E-state index in [4.69, 9.17) is 10.5 Å². The van der Waals surface area contributed by atoms with Crippen molar-refractivity contribution in [1.82, 2.24) is 4.98 Å². The quantitative estimate of drug-likeness (QED) is 0.854. The number of nitrogens with zero attached hydrogens (tertiary/aromatic N) is 1. The van der Waals surface area contributed by atoms with Gasteiger partial charge in [0.1, 0.15) is 5.75 Å². The Hall–Kier alpha value is -1.75. The van der Waals surface area contributed by atoms with E-state index in [0.717, 1.165) is 17.1 Å². The van der Waals surface area contributed by atoms with Crippen molar-refractivity contribution in [2.75, 3.05) is 18.2 Å². The first-order chi connectivity index (χ1) is 7.79. The highest BCUT2D eigenvalue weighted by atomic mass is 32.1. The van der Waals surface area contributed by atoms with Gasteiger partial charge in [0.05, 0.1) is 25.0 Å². The molecule has 5 heteroatoms. The van der Waals surface area contributed by atoms with Crippen LogP contribution in [0.2, 0.25) is 0 Å². The molecule has 1 heterocycles. The van der Waals surface area contributed by atoms with Crippen molar-refractivity contribution in [3.8, 4) is 5.75 Å². The maximum absolute atomic E-state index is 5.56. The molecule has 0 saturated heterocycles. The minimum absolute atomic E-state index is 0.594. The lowest BCUT2D eigenvalue weighted by Crippen LogP contribution is -2.01. The fourth-order valence-corrected chi connectivity index (χ4v) is 1.94. The van der Waals surface area contributed by atoms with Crippen molar-refractivity contribution in [3.63, 3.8) is 0 Å². The van der Waals surface area contributed by atoms with Crippen LogP contribution < -0.4 is 15.8 Å². The number of ether oxygens (including phenoxy) is 1. The molecular formula is C11H13N3OS. The number of methoxy groups -OCH3 is 1. The normalized spacial score (nSPS) is 10.1. The van der Waals surface area contributed by atoms with Crippen LogP contribution in [-0.4, -0.2) is 12.1 Å².